The van der Waals surface area contributed by atoms with Gasteiger partial charge in [-0.25, -0.2) is 14.0 Å². The van der Waals surface area contributed by atoms with Crippen LogP contribution in [0.1, 0.15) is 33.3 Å². The Labute approximate surface area is 228 Å². The third kappa shape index (κ3) is 8.31. The number of benzene rings is 2. The molecule has 2 aromatic carbocycles. The standard InChI is InChI=1S/C28H38FN5O5/c1-17(2)30-27(37)31-23-10-11-24-20(12-23)13-26(36)34(19(4)16-35)14-18(3)25(39-24)15-33(5)28(38)32-22-8-6-21(29)7-9-22/h6-12,17-19,25,35H,13-16H2,1-5H3,(H,32,38)(H2,30,31,37)/t18-,19-,25-/m1/s1. The third-order valence-corrected chi connectivity index (χ3v) is 6.49. The largest absolute Gasteiger partial charge is 0.488 e. The molecule has 0 saturated carbocycles. The van der Waals surface area contributed by atoms with Crippen LogP contribution in [0.3, 0.4) is 0 Å². The second-order valence-electron chi connectivity index (χ2n) is 10.3. The number of halogens is 1. The highest BCUT2D eigenvalue weighted by molar-refractivity contribution is 5.90. The van der Waals surface area contributed by atoms with Gasteiger partial charge in [0.1, 0.15) is 17.7 Å². The number of carbonyl (C=O) groups excluding carboxylic acids is 3. The van der Waals surface area contributed by atoms with E-state index in [2.05, 4.69) is 16.0 Å². The molecule has 0 unspecified atom stereocenters. The quantitative estimate of drug-likeness (QED) is 0.424. The molecule has 3 rings (SSSR count). The van der Waals surface area contributed by atoms with Crippen molar-refractivity contribution in [3.63, 3.8) is 0 Å². The van der Waals surface area contributed by atoms with Gasteiger partial charge in [-0.1, -0.05) is 6.92 Å². The molecule has 1 aliphatic heterocycles. The van der Waals surface area contributed by atoms with Crippen molar-refractivity contribution in [2.24, 2.45) is 5.92 Å². The molecule has 0 aliphatic carbocycles. The van der Waals surface area contributed by atoms with Crippen molar-refractivity contribution in [2.75, 3.05) is 37.4 Å². The molecule has 2 aromatic rings. The average Bonchev–Trinajstić information content (AvgIpc) is 2.92. The minimum absolute atomic E-state index is 0.0152. The molecule has 212 valence electrons. The van der Waals surface area contributed by atoms with Crippen LogP contribution in [0.2, 0.25) is 0 Å². The van der Waals surface area contributed by atoms with Crippen molar-refractivity contribution in [3.05, 3.63) is 53.8 Å². The van der Waals surface area contributed by atoms with Gasteiger partial charge in [0, 0.05) is 42.5 Å². The van der Waals surface area contributed by atoms with Crippen molar-refractivity contribution in [3.8, 4) is 5.75 Å². The van der Waals surface area contributed by atoms with Crippen molar-refractivity contribution in [1.29, 1.82) is 0 Å². The zero-order valence-corrected chi connectivity index (χ0v) is 23.0. The Morgan fingerprint density at radius 3 is 2.44 bits per heavy atom. The lowest BCUT2D eigenvalue weighted by Crippen LogP contribution is -2.48. The summed E-state index contributed by atoms with van der Waals surface area (Å²) < 4.78 is 19.6. The monoisotopic (exact) mass is 543 g/mol. The molecule has 0 radical (unpaired) electrons. The van der Waals surface area contributed by atoms with Crippen LogP contribution in [-0.2, 0) is 11.2 Å². The predicted octanol–water partition coefficient (Wildman–Crippen LogP) is 3.67. The van der Waals surface area contributed by atoms with Gasteiger partial charge in [0.05, 0.1) is 25.6 Å². The van der Waals surface area contributed by atoms with Crippen LogP contribution in [0.15, 0.2) is 42.5 Å². The summed E-state index contributed by atoms with van der Waals surface area (Å²) >= 11 is 0. The van der Waals surface area contributed by atoms with Gasteiger partial charge >= 0.3 is 12.1 Å². The number of nitrogens with zero attached hydrogens (tertiary/aromatic N) is 2. The molecular weight excluding hydrogens is 505 g/mol. The molecule has 5 amide bonds. The van der Waals surface area contributed by atoms with Crippen molar-refractivity contribution < 1.29 is 28.6 Å². The van der Waals surface area contributed by atoms with E-state index in [-0.39, 0.29) is 43.5 Å². The highest BCUT2D eigenvalue weighted by Gasteiger charge is 2.32. The van der Waals surface area contributed by atoms with Crippen LogP contribution < -0.4 is 20.7 Å². The van der Waals surface area contributed by atoms with E-state index in [9.17, 15) is 23.9 Å². The van der Waals surface area contributed by atoms with Crippen LogP contribution in [0.25, 0.3) is 0 Å². The molecular formula is C28H38FN5O5. The van der Waals surface area contributed by atoms with E-state index in [0.717, 1.165) is 0 Å². The maximum Gasteiger partial charge on any atom is 0.321 e. The maximum absolute atomic E-state index is 13.3. The fraction of sp³-hybridized carbons (Fsp3) is 0.464. The Bertz CT molecular complexity index is 1160. The van der Waals surface area contributed by atoms with Crippen LogP contribution in [0.5, 0.6) is 5.75 Å². The average molecular weight is 544 g/mol. The molecule has 4 N–H and O–H groups in total. The second kappa shape index (κ2) is 13.3. The van der Waals surface area contributed by atoms with Crippen LogP contribution in [-0.4, -0.2) is 77.8 Å². The van der Waals surface area contributed by atoms with Crippen LogP contribution >= 0.6 is 0 Å². The Balaban J connectivity index is 1.86. The Kier molecular flexibility index (Phi) is 10.1. The van der Waals surface area contributed by atoms with Gasteiger partial charge in [0.2, 0.25) is 5.91 Å². The van der Waals surface area contributed by atoms with E-state index < -0.39 is 24.0 Å². The number of nitrogens with one attached hydrogen (secondary N) is 3. The summed E-state index contributed by atoms with van der Waals surface area (Å²) in [6.07, 6.45) is -0.489. The van der Waals surface area contributed by atoms with E-state index in [0.29, 0.717) is 29.2 Å². The topological polar surface area (TPSA) is 123 Å². The SMILES string of the molecule is CC(C)NC(=O)Nc1ccc2c(c1)CC(=O)N([C@H](C)CO)C[C@@H](C)[C@@H](CN(C)C(=O)Nc1ccc(F)cc1)O2. The zero-order chi connectivity index (χ0) is 28.7. The van der Waals surface area contributed by atoms with Crippen molar-refractivity contribution >= 4 is 29.3 Å². The highest BCUT2D eigenvalue weighted by atomic mass is 19.1. The van der Waals surface area contributed by atoms with Gasteiger partial charge in [0.25, 0.3) is 0 Å². The van der Waals surface area contributed by atoms with Crippen LogP contribution in [0, 0.1) is 11.7 Å². The number of amides is 5. The summed E-state index contributed by atoms with van der Waals surface area (Å²) in [6, 6.07) is 9.36. The van der Waals surface area contributed by atoms with E-state index in [1.54, 1.807) is 37.1 Å². The first-order valence-corrected chi connectivity index (χ1v) is 13.0. The molecule has 11 heteroatoms. The van der Waals surface area contributed by atoms with Crippen molar-refractivity contribution in [1.82, 2.24) is 15.1 Å². The molecule has 3 atom stereocenters. The molecule has 39 heavy (non-hydrogen) atoms. The Hall–Kier alpha value is -3.86. The molecule has 0 bridgehead atoms. The first-order chi connectivity index (χ1) is 18.5. The number of likely N-dealkylation sites (N-methyl/N-ethyl adjacent to an activating group) is 1. The summed E-state index contributed by atoms with van der Waals surface area (Å²) in [5.74, 6) is -0.312. The summed E-state index contributed by atoms with van der Waals surface area (Å²) in [5, 5.41) is 18.1. The smallest absolute Gasteiger partial charge is 0.321 e. The van der Waals surface area contributed by atoms with E-state index in [1.807, 2.05) is 20.8 Å². The van der Waals surface area contributed by atoms with Gasteiger partial charge in [0.15, 0.2) is 0 Å². The number of anilines is 2. The van der Waals surface area contributed by atoms with Gasteiger partial charge in [-0.3, -0.25) is 4.79 Å². The molecule has 0 saturated heterocycles. The molecule has 1 aliphatic rings. The van der Waals surface area contributed by atoms with Gasteiger partial charge < -0.3 is 35.6 Å². The number of aliphatic hydroxyl groups excluding tert-OH is 1. The van der Waals surface area contributed by atoms with Gasteiger partial charge in [-0.15, -0.1) is 0 Å². The third-order valence-electron chi connectivity index (χ3n) is 6.49. The van der Waals surface area contributed by atoms with Crippen LogP contribution in [0.4, 0.5) is 25.4 Å². The summed E-state index contributed by atoms with van der Waals surface area (Å²) in [6.45, 7) is 7.71. The highest BCUT2D eigenvalue weighted by Crippen LogP contribution is 2.29. The number of urea groups is 2. The number of ether oxygens (including phenoxy) is 1. The maximum atomic E-state index is 13.3. The Morgan fingerprint density at radius 2 is 1.79 bits per heavy atom. The lowest BCUT2D eigenvalue weighted by Gasteiger charge is -2.34. The number of hydrogen-bond acceptors (Lipinski definition) is 5. The summed E-state index contributed by atoms with van der Waals surface area (Å²) in [5.41, 5.74) is 1.54. The molecule has 1 heterocycles. The van der Waals surface area contributed by atoms with E-state index in [4.69, 9.17) is 4.74 Å². The molecule has 10 nitrogen and oxygen atoms in total. The summed E-state index contributed by atoms with van der Waals surface area (Å²) in [4.78, 5) is 41.5. The van der Waals surface area contributed by atoms with E-state index in [1.165, 1.54) is 29.2 Å². The number of carbonyl (C=O) groups is 3. The van der Waals surface area contributed by atoms with E-state index >= 15 is 0 Å². The fourth-order valence-corrected chi connectivity index (χ4v) is 4.26. The molecule has 0 fully saturated rings. The first-order valence-electron chi connectivity index (χ1n) is 13.0. The minimum Gasteiger partial charge on any atom is -0.488 e. The molecule has 0 spiro atoms. The first kappa shape index (κ1) is 29.7. The Morgan fingerprint density at radius 1 is 1.13 bits per heavy atom. The lowest BCUT2D eigenvalue weighted by atomic mass is 10.0. The minimum atomic E-state index is -0.505. The molecule has 0 aromatic heterocycles. The fourth-order valence-electron chi connectivity index (χ4n) is 4.26. The number of hydrogen-bond donors (Lipinski definition) is 4. The second-order valence-corrected chi connectivity index (χ2v) is 10.3. The van der Waals surface area contributed by atoms with Gasteiger partial charge in [-0.2, -0.15) is 0 Å². The summed E-state index contributed by atoms with van der Waals surface area (Å²) in [7, 11) is 1.63. The zero-order valence-electron chi connectivity index (χ0n) is 23.0. The number of rotatable bonds is 7. The predicted molar refractivity (Wildman–Crippen MR) is 147 cm³/mol. The normalized spacial score (nSPS) is 18.2. The number of aliphatic hydroxyl groups is 1. The lowest BCUT2D eigenvalue weighted by molar-refractivity contribution is -0.134. The van der Waals surface area contributed by atoms with Crippen molar-refractivity contribution in [2.45, 2.75) is 52.3 Å². The number of fused-ring (bicyclic) bond motifs is 1. The van der Waals surface area contributed by atoms with Gasteiger partial charge in [-0.05, 0) is 63.2 Å².